The highest BCUT2D eigenvalue weighted by Gasteiger charge is 2.18. The van der Waals surface area contributed by atoms with Crippen LogP contribution in [0.25, 0.3) is 0 Å². The van der Waals surface area contributed by atoms with Gasteiger partial charge in [0.15, 0.2) is 0 Å². The number of morpholine rings is 1. The summed E-state index contributed by atoms with van der Waals surface area (Å²) >= 11 is 0. The average Bonchev–Trinajstić information content (AvgIpc) is 2.30. The van der Waals surface area contributed by atoms with Crippen LogP contribution in [-0.4, -0.2) is 37.2 Å². The van der Waals surface area contributed by atoms with Crippen LogP contribution in [0.4, 0.5) is 0 Å². The van der Waals surface area contributed by atoms with E-state index < -0.39 is 0 Å². The van der Waals surface area contributed by atoms with Crippen LogP contribution in [0.15, 0.2) is 30.3 Å². The molecular formula is C15H23NO. The minimum atomic E-state index is 0.396. The maximum Gasteiger partial charge on any atom is 0.0674 e. The summed E-state index contributed by atoms with van der Waals surface area (Å²) in [6.07, 6.45) is 1.57. The van der Waals surface area contributed by atoms with Crippen LogP contribution in [0.2, 0.25) is 0 Å². The van der Waals surface area contributed by atoms with Gasteiger partial charge < -0.3 is 4.74 Å². The number of hydrogen-bond acceptors (Lipinski definition) is 2. The number of rotatable bonds is 4. The first-order chi connectivity index (χ1) is 8.24. The van der Waals surface area contributed by atoms with Crippen molar-refractivity contribution in [2.75, 3.05) is 26.2 Å². The number of ether oxygens (including phenoxy) is 1. The molecule has 1 unspecified atom stereocenters. The van der Waals surface area contributed by atoms with Crippen molar-refractivity contribution in [2.45, 2.75) is 26.4 Å². The van der Waals surface area contributed by atoms with Gasteiger partial charge in [0.05, 0.1) is 12.7 Å². The largest absolute Gasteiger partial charge is 0.376 e. The van der Waals surface area contributed by atoms with Crippen molar-refractivity contribution in [3.63, 3.8) is 0 Å². The van der Waals surface area contributed by atoms with Gasteiger partial charge in [-0.2, -0.15) is 0 Å². The first-order valence-corrected chi connectivity index (χ1v) is 6.62. The van der Waals surface area contributed by atoms with Gasteiger partial charge in [-0.05, 0) is 24.8 Å². The fourth-order valence-corrected chi connectivity index (χ4v) is 2.58. The van der Waals surface area contributed by atoms with E-state index in [9.17, 15) is 0 Å². The van der Waals surface area contributed by atoms with Crippen molar-refractivity contribution in [3.8, 4) is 0 Å². The molecule has 0 spiro atoms. The Morgan fingerprint density at radius 1 is 1.35 bits per heavy atom. The highest BCUT2D eigenvalue weighted by atomic mass is 16.5. The van der Waals surface area contributed by atoms with Gasteiger partial charge in [-0.3, -0.25) is 4.90 Å². The van der Waals surface area contributed by atoms with Crippen molar-refractivity contribution >= 4 is 0 Å². The zero-order chi connectivity index (χ0) is 12.1. The molecule has 0 radical (unpaired) electrons. The lowest BCUT2D eigenvalue weighted by Crippen LogP contribution is -2.43. The number of hydrogen-bond donors (Lipinski definition) is 0. The van der Waals surface area contributed by atoms with Crippen LogP contribution in [-0.2, 0) is 11.2 Å². The predicted octanol–water partition coefficient (Wildman–Crippen LogP) is 2.59. The molecule has 1 heterocycles. The van der Waals surface area contributed by atoms with Crippen LogP contribution < -0.4 is 0 Å². The molecule has 1 fully saturated rings. The Kier molecular flexibility index (Phi) is 4.57. The second-order valence-electron chi connectivity index (χ2n) is 5.24. The lowest BCUT2D eigenvalue weighted by molar-refractivity contribution is -0.0222. The molecule has 1 saturated heterocycles. The van der Waals surface area contributed by atoms with Crippen LogP contribution in [0, 0.1) is 5.92 Å². The Balaban J connectivity index is 1.79. The Labute approximate surface area is 105 Å². The lowest BCUT2D eigenvalue weighted by atomic mass is 10.0. The third-order valence-electron chi connectivity index (χ3n) is 3.32. The molecule has 17 heavy (non-hydrogen) atoms. The van der Waals surface area contributed by atoms with Crippen molar-refractivity contribution in [1.29, 1.82) is 0 Å². The van der Waals surface area contributed by atoms with Crippen LogP contribution >= 0.6 is 0 Å². The predicted molar refractivity (Wildman–Crippen MR) is 71.2 cm³/mol. The van der Waals surface area contributed by atoms with E-state index in [4.69, 9.17) is 4.74 Å². The summed E-state index contributed by atoms with van der Waals surface area (Å²) in [4.78, 5) is 2.53. The van der Waals surface area contributed by atoms with Crippen LogP contribution in [0.1, 0.15) is 19.4 Å². The van der Waals surface area contributed by atoms with Gasteiger partial charge in [-0.25, -0.2) is 0 Å². The Morgan fingerprint density at radius 2 is 2.12 bits per heavy atom. The Bertz CT molecular complexity index is 325. The molecule has 2 rings (SSSR count). The molecule has 1 aromatic rings. The fraction of sp³-hybridized carbons (Fsp3) is 0.600. The summed E-state index contributed by atoms with van der Waals surface area (Å²) in [5.41, 5.74) is 1.45. The first-order valence-electron chi connectivity index (χ1n) is 6.62. The van der Waals surface area contributed by atoms with Gasteiger partial charge in [-0.15, -0.1) is 0 Å². The zero-order valence-electron chi connectivity index (χ0n) is 10.9. The van der Waals surface area contributed by atoms with E-state index in [0.717, 1.165) is 19.7 Å². The second kappa shape index (κ2) is 6.18. The van der Waals surface area contributed by atoms with E-state index in [1.165, 1.54) is 18.5 Å². The van der Waals surface area contributed by atoms with E-state index in [0.29, 0.717) is 12.0 Å². The molecular weight excluding hydrogens is 210 g/mol. The normalized spacial score (nSPS) is 23.5. The molecule has 0 aromatic heterocycles. The van der Waals surface area contributed by atoms with E-state index in [1.807, 2.05) is 0 Å². The maximum absolute atomic E-state index is 5.57. The van der Waals surface area contributed by atoms with E-state index >= 15 is 0 Å². The summed E-state index contributed by atoms with van der Waals surface area (Å²) in [5.74, 6) is 0.711. The molecule has 0 saturated carbocycles. The monoisotopic (exact) mass is 233 g/mol. The molecule has 94 valence electrons. The third-order valence-corrected chi connectivity index (χ3v) is 3.32. The molecule has 0 bridgehead atoms. The summed E-state index contributed by atoms with van der Waals surface area (Å²) < 4.78 is 5.57. The smallest absolute Gasteiger partial charge is 0.0674 e. The van der Waals surface area contributed by atoms with Gasteiger partial charge in [-0.1, -0.05) is 37.3 Å². The number of nitrogens with zero attached hydrogens (tertiary/aromatic N) is 1. The second-order valence-corrected chi connectivity index (χ2v) is 5.24. The van der Waals surface area contributed by atoms with Gasteiger partial charge >= 0.3 is 0 Å². The van der Waals surface area contributed by atoms with Crippen molar-refractivity contribution < 1.29 is 4.74 Å². The van der Waals surface area contributed by atoms with Crippen LogP contribution in [0.3, 0.4) is 0 Å². The van der Waals surface area contributed by atoms with E-state index in [-0.39, 0.29) is 0 Å². The molecule has 2 nitrogen and oxygen atoms in total. The summed E-state index contributed by atoms with van der Waals surface area (Å²) in [6.45, 7) is 8.74. The summed E-state index contributed by atoms with van der Waals surface area (Å²) in [5, 5.41) is 0. The van der Waals surface area contributed by atoms with E-state index in [2.05, 4.69) is 49.1 Å². The third kappa shape index (κ3) is 4.14. The average molecular weight is 233 g/mol. The molecule has 1 aromatic carbocycles. The molecule has 1 aliphatic heterocycles. The molecule has 1 aliphatic rings. The lowest BCUT2D eigenvalue weighted by Gasteiger charge is -2.32. The van der Waals surface area contributed by atoms with Gasteiger partial charge in [0.1, 0.15) is 0 Å². The minimum absolute atomic E-state index is 0.396. The zero-order valence-corrected chi connectivity index (χ0v) is 10.9. The molecule has 2 heteroatoms. The quantitative estimate of drug-likeness (QED) is 0.792. The first kappa shape index (κ1) is 12.6. The highest BCUT2D eigenvalue weighted by Crippen LogP contribution is 2.12. The standard InChI is InChI=1S/C15H23NO/c1-13(10-15-6-4-3-5-7-15)11-16-8-9-17-14(2)12-16/h3-7,13-14H,8-12H2,1-2H3/t13?,14-/m0/s1. The van der Waals surface area contributed by atoms with Crippen molar-refractivity contribution in [2.24, 2.45) is 5.92 Å². The molecule has 0 aliphatic carbocycles. The fourth-order valence-electron chi connectivity index (χ4n) is 2.58. The Hall–Kier alpha value is -0.860. The SMILES string of the molecule is CC(Cc1ccccc1)CN1CCO[C@@H](C)C1. The van der Waals surface area contributed by atoms with Gasteiger partial charge in [0.2, 0.25) is 0 Å². The molecule has 2 atom stereocenters. The number of benzene rings is 1. The topological polar surface area (TPSA) is 12.5 Å². The van der Waals surface area contributed by atoms with E-state index in [1.54, 1.807) is 0 Å². The van der Waals surface area contributed by atoms with Crippen molar-refractivity contribution in [3.05, 3.63) is 35.9 Å². The summed E-state index contributed by atoms with van der Waals surface area (Å²) in [7, 11) is 0. The summed E-state index contributed by atoms with van der Waals surface area (Å²) in [6, 6.07) is 10.8. The van der Waals surface area contributed by atoms with Gasteiger partial charge in [0, 0.05) is 19.6 Å². The van der Waals surface area contributed by atoms with Crippen LogP contribution in [0.5, 0.6) is 0 Å². The minimum Gasteiger partial charge on any atom is -0.376 e. The van der Waals surface area contributed by atoms with Gasteiger partial charge in [0.25, 0.3) is 0 Å². The molecule has 0 amide bonds. The highest BCUT2D eigenvalue weighted by molar-refractivity contribution is 5.15. The molecule has 0 N–H and O–H groups in total. The Morgan fingerprint density at radius 3 is 2.82 bits per heavy atom. The van der Waals surface area contributed by atoms with Crippen molar-refractivity contribution in [1.82, 2.24) is 4.90 Å². The maximum atomic E-state index is 5.57.